The average molecular weight is 271 g/mol. The number of nitrogens with zero attached hydrogens (tertiary/aromatic N) is 2. The molecule has 0 unspecified atom stereocenters. The van der Waals surface area contributed by atoms with E-state index < -0.39 is 5.97 Å². The Hall–Kier alpha value is -1.10. The van der Waals surface area contributed by atoms with Crippen molar-refractivity contribution < 1.29 is 9.90 Å². The van der Waals surface area contributed by atoms with E-state index in [1.165, 1.54) is 19.0 Å². The van der Waals surface area contributed by atoms with Gasteiger partial charge in [-0.15, -0.1) is 0 Å². The second-order valence-corrected chi connectivity index (χ2v) is 4.38. The topological polar surface area (TPSA) is 53.4 Å². The Bertz CT molecular complexity index is 389. The fraction of sp³-hybridized carbons (Fsp3) is 0.400. The van der Waals surface area contributed by atoms with Gasteiger partial charge in [0.05, 0.1) is 10.0 Å². The maximum absolute atomic E-state index is 10.7. The molecule has 1 aliphatic rings. The van der Waals surface area contributed by atoms with E-state index in [0.29, 0.717) is 0 Å². The summed E-state index contributed by atoms with van der Waals surface area (Å²) in [7, 11) is 0. The van der Waals surface area contributed by atoms with Gasteiger partial charge in [-0.3, -0.25) is 0 Å². The minimum absolute atomic E-state index is 0.213. The highest BCUT2D eigenvalue weighted by molar-refractivity contribution is 9.10. The van der Waals surface area contributed by atoms with Crippen LogP contribution < -0.4 is 4.90 Å². The first-order valence-electron chi connectivity index (χ1n) is 4.82. The van der Waals surface area contributed by atoms with E-state index in [-0.39, 0.29) is 5.56 Å². The van der Waals surface area contributed by atoms with Gasteiger partial charge in [-0.25, -0.2) is 9.78 Å². The lowest BCUT2D eigenvalue weighted by atomic mass is 10.3. The molecular weight excluding hydrogens is 260 g/mol. The van der Waals surface area contributed by atoms with Crippen LogP contribution in [0.25, 0.3) is 0 Å². The van der Waals surface area contributed by atoms with Crippen LogP contribution in [-0.4, -0.2) is 29.1 Å². The van der Waals surface area contributed by atoms with Crippen molar-refractivity contribution in [2.24, 2.45) is 0 Å². The maximum Gasteiger partial charge on any atom is 0.337 e. The van der Waals surface area contributed by atoms with Gasteiger partial charge >= 0.3 is 5.97 Å². The lowest BCUT2D eigenvalue weighted by molar-refractivity contribution is 0.0696. The Balaban J connectivity index is 2.29. The number of hydrogen-bond donors (Lipinski definition) is 1. The number of rotatable bonds is 2. The zero-order valence-electron chi connectivity index (χ0n) is 8.11. The van der Waals surface area contributed by atoms with Crippen LogP contribution in [0.15, 0.2) is 16.7 Å². The molecule has 2 heterocycles. The lowest BCUT2D eigenvalue weighted by Gasteiger charge is -2.17. The molecule has 0 atom stereocenters. The molecule has 80 valence electrons. The molecule has 1 N–H and O–H groups in total. The van der Waals surface area contributed by atoms with E-state index in [2.05, 4.69) is 25.8 Å². The fourth-order valence-corrected chi connectivity index (χ4v) is 2.31. The van der Waals surface area contributed by atoms with E-state index in [1.807, 2.05) is 0 Å². The summed E-state index contributed by atoms with van der Waals surface area (Å²) >= 11 is 3.36. The molecule has 0 amide bonds. The van der Waals surface area contributed by atoms with E-state index in [1.54, 1.807) is 6.07 Å². The maximum atomic E-state index is 10.7. The summed E-state index contributed by atoms with van der Waals surface area (Å²) in [5.41, 5.74) is 0.213. The number of carboxylic acid groups (broad SMARTS) is 1. The van der Waals surface area contributed by atoms with Crippen molar-refractivity contribution >= 4 is 27.7 Å². The van der Waals surface area contributed by atoms with Crippen LogP contribution in [0.1, 0.15) is 23.2 Å². The number of carboxylic acids is 1. The first kappa shape index (κ1) is 10.4. The van der Waals surface area contributed by atoms with Crippen molar-refractivity contribution in [3.63, 3.8) is 0 Å². The SMILES string of the molecule is O=C(O)c1cnc(N2CCCC2)c(Br)c1. The number of aromatic carboxylic acids is 1. The zero-order valence-corrected chi connectivity index (χ0v) is 9.70. The standard InChI is InChI=1S/C10H11BrN2O2/c11-8-5-7(10(14)15)6-12-9(8)13-3-1-2-4-13/h5-6H,1-4H2,(H,14,15). The third-order valence-electron chi connectivity index (χ3n) is 2.47. The molecule has 0 radical (unpaired) electrons. The van der Waals surface area contributed by atoms with Crippen molar-refractivity contribution in [2.75, 3.05) is 18.0 Å². The Kier molecular flexibility index (Phi) is 2.90. The monoisotopic (exact) mass is 270 g/mol. The molecule has 1 aromatic heterocycles. The summed E-state index contributed by atoms with van der Waals surface area (Å²) in [6.45, 7) is 2.00. The molecule has 0 aliphatic carbocycles. The minimum atomic E-state index is -0.948. The van der Waals surface area contributed by atoms with Gasteiger partial charge in [0.2, 0.25) is 0 Å². The summed E-state index contributed by atoms with van der Waals surface area (Å²) in [4.78, 5) is 17.1. The second-order valence-electron chi connectivity index (χ2n) is 3.53. The van der Waals surface area contributed by atoms with Crippen LogP contribution >= 0.6 is 15.9 Å². The van der Waals surface area contributed by atoms with Crippen molar-refractivity contribution in [1.82, 2.24) is 4.98 Å². The van der Waals surface area contributed by atoms with Gasteiger partial charge in [0.25, 0.3) is 0 Å². The molecule has 5 heteroatoms. The molecule has 0 aromatic carbocycles. The van der Waals surface area contributed by atoms with Crippen LogP contribution in [0.2, 0.25) is 0 Å². The van der Waals surface area contributed by atoms with Crippen molar-refractivity contribution in [3.8, 4) is 0 Å². The van der Waals surface area contributed by atoms with Gasteiger partial charge < -0.3 is 10.0 Å². The van der Waals surface area contributed by atoms with E-state index in [0.717, 1.165) is 23.4 Å². The van der Waals surface area contributed by atoms with Gasteiger partial charge in [0, 0.05) is 19.3 Å². The van der Waals surface area contributed by atoms with E-state index in [9.17, 15) is 4.79 Å². The second kappa shape index (κ2) is 4.18. The van der Waals surface area contributed by atoms with Crippen LogP contribution in [0.5, 0.6) is 0 Å². The smallest absolute Gasteiger partial charge is 0.337 e. The fourth-order valence-electron chi connectivity index (χ4n) is 1.71. The third-order valence-corrected chi connectivity index (χ3v) is 3.06. The van der Waals surface area contributed by atoms with Gasteiger partial charge in [-0.2, -0.15) is 0 Å². The van der Waals surface area contributed by atoms with Crippen molar-refractivity contribution in [3.05, 3.63) is 22.3 Å². The normalized spacial score (nSPS) is 15.7. The van der Waals surface area contributed by atoms with E-state index >= 15 is 0 Å². The summed E-state index contributed by atoms with van der Waals surface area (Å²) in [6, 6.07) is 1.60. The number of aromatic nitrogens is 1. The molecular formula is C10H11BrN2O2. The molecule has 1 saturated heterocycles. The predicted molar refractivity (Wildman–Crippen MR) is 60.3 cm³/mol. The van der Waals surface area contributed by atoms with Gasteiger partial charge in [-0.05, 0) is 34.8 Å². The lowest BCUT2D eigenvalue weighted by Crippen LogP contribution is -2.19. The van der Waals surface area contributed by atoms with Crippen LogP contribution in [0, 0.1) is 0 Å². The number of pyridine rings is 1. The molecule has 0 bridgehead atoms. The zero-order chi connectivity index (χ0) is 10.8. The Labute approximate surface area is 96.1 Å². The first-order chi connectivity index (χ1) is 7.18. The Morgan fingerprint density at radius 2 is 2.13 bits per heavy atom. The summed E-state index contributed by atoms with van der Waals surface area (Å²) in [6.07, 6.45) is 3.75. The predicted octanol–water partition coefficient (Wildman–Crippen LogP) is 2.14. The van der Waals surface area contributed by atoms with Crippen molar-refractivity contribution in [1.29, 1.82) is 0 Å². The molecule has 0 saturated carbocycles. The highest BCUT2D eigenvalue weighted by Gasteiger charge is 2.17. The highest BCUT2D eigenvalue weighted by atomic mass is 79.9. The van der Waals surface area contributed by atoms with Gasteiger partial charge in [0.1, 0.15) is 5.82 Å². The minimum Gasteiger partial charge on any atom is -0.478 e. The van der Waals surface area contributed by atoms with Gasteiger partial charge in [0.15, 0.2) is 0 Å². The summed E-state index contributed by atoms with van der Waals surface area (Å²) in [5.74, 6) is -0.103. The van der Waals surface area contributed by atoms with E-state index in [4.69, 9.17) is 5.11 Å². The molecule has 2 rings (SSSR count). The largest absolute Gasteiger partial charge is 0.478 e. The highest BCUT2D eigenvalue weighted by Crippen LogP contribution is 2.27. The van der Waals surface area contributed by atoms with Gasteiger partial charge in [-0.1, -0.05) is 0 Å². The van der Waals surface area contributed by atoms with Crippen LogP contribution in [0.3, 0.4) is 0 Å². The molecule has 4 nitrogen and oxygen atoms in total. The van der Waals surface area contributed by atoms with Crippen LogP contribution in [0.4, 0.5) is 5.82 Å². The third kappa shape index (κ3) is 2.12. The van der Waals surface area contributed by atoms with Crippen molar-refractivity contribution in [2.45, 2.75) is 12.8 Å². The number of anilines is 1. The quantitative estimate of drug-likeness (QED) is 0.895. The average Bonchev–Trinajstić information content (AvgIpc) is 2.70. The molecule has 1 aliphatic heterocycles. The Morgan fingerprint density at radius 1 is 1.47 bits per heavy atom. The number of carbonyl (C=O) groups is 1. The molecule has 15 heavy (non-hydrogen) atoms. The molecule has 1 aromatic rings. The number of hydrogen-bond acceptors (Lipinski definition) is 3. The summed E-state index contributed by atoms with van der Waals surface area (Å²) < 4.78 is 0.754. The van der Waals surface area contributed by atoms with Crippen LogP contribution in [-0.2, 0) is 0 Å². The Morgan fingerprint density at radius 3 is 2.67 bits per heavy atom. The first-order valence-corrected chi connectivity index (χ1v) is 5.61. The summed E-state index contributed by atoms with van der Waals surface area (Å²) in [5, 5.41) is 8.79. The number of halogens is 1. The molecule has 1 fully saturated rings. The molecule has 0 spiro atoms.